The van der Waals surface area contributed by atoms with E-state index in [2.05, 4.69) is 23.4 Å². The van der Waals surface area contributed by atoms with Crippen molar-refractivity contribution in [1.29, 1.82) is 0 Å². The number of aryl methyl sites for hydroxylation is 2. The summed E-state index contributed by atoms with van der Waals surface area (Å²) in [6.45, 7) is 7.37. The Kier molecular flexibility index (Phi) is 9.28. The molecule has 0 saturated carbocycles. The summed E-state index contributed by atoms with van der Waals surface area (Å²) in [5, 5.41) is 4.30. The molecule has 1 aromatic rings. The van der Waals surface area contributed by atoms with Crippen LogP contribution in [0.2, 0.25) is 0 Å². The van der Waals surface area contributed by atoms with Gasteiger partial charge in [0, 0.05) is 25.9 Å². The standard InChI is InChI=1S/C27H36N2O4/c1-20-16-21(2)26-23(17-20)18-24(28-32-19-25(30)29-14-10-7-11-15-29)13-9-6-4-5-8-12-22(3)33-27(26)31/h5,8-9,13,16-17,22H,4,6-7,10-12,14-15,18-19H2,1-3H3/b8-5+,13-9+,28-24-/t22-/m1/s1. The van der Waals surface area contributed by atoms with Crippen molar-refractivity contribution in [1.82, 2.24) is 4.90 Å². The number of hydrogen-bond donors (Lipinski definition) is 0. The second-order valence-electron chi connectivity index (χ2n) is 8.99. The highest BCUT2D eigenvalue weighted by Crippen LogP contribution is 2.21. The van der Waals surface area contributed by atoms with Gasteiger partial charge in [-0.1, -0.05) is 41.1 Å². The van der Waals surface area contributed by atoms with E-state index in [9.17, 15) is 9.59 Å². The third kappa shape index (κ3) is 7.58. The van der Waals surface area contributed by atoms with Crippen molar-refractivity contribution >= 4 is 17.6 Å². The molecule has 0 aromatic heterocycles. The third-order valence-electron chi connectivity index (χ3n) is 5.97. The Bertz CT molecular complexity index is 926. The Labute approximate surface area is 197 Å². The highest BCUT2D eigenvalue weighted by Gasteiger charge is 2.20. The number of fused-ring (bicyclic) bond motifs is 1. The molecule has 2 aliphatic rings. The molecule has 0 unspecified atom stereocenters. The quantitative estimate of drug-likeness (QED) is 0.365. The number of carbonyl (C=O) groups excluding carboxylic acids is 2. The Morgan fingerprint density at radius 2 is 1.88 bits per heavy atom. The molecule has 3 rings (SSSR count). The molecule has 0 N–H and O–H groups in total. The molecule has 0 bridgehead atoms. The van der Waals surface area contributed by atoms with Gasteiger partial charge in [0.05, 0.1) is 11.3 Å². The van der Waals surface area contributed by atoms with Gasteiger partial charge in [-0.2, -0.15) is 0 Å². The van der Waals surface area contributed by atoms with Gasteiger partial charge in [0.1, 0.15) is 6.10 Å². The molecule has 6 nitrogen and oxygen atoms in total. The summed E-state index contributed by atoms with van der Waals surface area (Å²) in [6.07, 6.45) is 14.1. The zero-order valence-electron chi connectivity index (χ0n) is 20.1. The van der Waals surface area contributed by atoms with Crippen LogP contribution in [0.25, 0.3) is 0 Å². The predicted octanol–water partition coefficient (Wildman–Crippen LogP) is 5.07. The van der Waals surface area contributed by atoms with E-state index in [1.165, 1.54) is 6.42 Å². The van der Waals surface area contributed by atoms with E-state index in [0.717, 1.165) is 55.5 Å². The fourth-order valence-corrected chi connectivity index (χ4v) is 4.32. The lowest BCUT2D eigenvalue weighted by atomic mass is 9.95. The second-order valence-corrected chi connectivity index (χ2v) is 8.99. The van der Waals surface area contributed by atoms with Gasteiger partial charge in [0.25, 0.3) is 5.91 Å². The van der Waals surface area contributed by atoms with Crippen molar-refractivity contribution in [2.45, 2.75) is 71.8 Å². The van der Waals surface area contributed by atoms with Gasteiger partial charge in [-0.05, 0) is 70.1 Å². The molecule has 178 valence electrons. The first kappa shape index (κ1) is 24.7. The van der Waals surface area contributed by atoms with E-state index in [0.29, 0.717) is 24.1 Å². The number of nitrogens with zero attached hydrogens (tertiary/aromatic N) is 2. The first-order valence-electron chi connectivity index (χ1n) is 12.0. The van der Waals surface area contributed by atoms with Crippen LogP contribution in [0.15, 0.2) is 41.6 Å². The number of amides is 1. The van der Waals surface area contributed by atoms with Gasteiger partial charge in [-0.3, -0.25) is 4.79 Å². The summed E-state index contributed by atoms with van der Waals surface area (Å²) >= 11 is 0. The van der Waals surface area contributed by atoms with E-state index in [1.807, 2.05) is 43.9 Å². The minimum absolute atomic E-state index is 0.0290. The fraction of sp³-hybridized carbons (Fsp3) is 0.519. The minimum atomic E-state index is -0.315. The van der Waals surface area contributed by atoms with Crippen molar-refractivity contribution < 1.29 is 19.2 Å². The molecule has 33 heavy (non-hydrogen) atoms. The molecule has 6 heteroatoms. The number of oxime groups is 1. The Morgan fingerprint density at radius 3 is 2.67 bits per heavy atom. The molecule has 1 atom stereocenters. The molecular formula is C27H36N2O4. The predicted molar refractivity (Wildman–Crippen MR) is 130 cm³/mol. The highest BCUT2D eigenvalue weighted by atomic mass is 16.6. The maximum atomic E-state index is 13.0. The smallest absolute Gasteiger partial charge is 0.338 e. The van der Waals surface area contributed by atoms with Crippen LogP contribution in [0.1, 0.15) is 72.5 Å². The van der Waals surface area contributed by atoms with Crippen molar-refractivity contribution in [2.75, 3.05) is 19.7 Å². The number of likely N-dealkylation sites (tertiary alicyclic amines) is 1. The lowest BCUT2D eigenvalue weighted by Gasteiger charge is -2.26. The number of benzene rings is 1. The lowest BCUT2D eigenvalue weighted by molar-refractivity contribution is -0.137. The molecule has 1 fully saturated rings. The van der Waals surface area contributed by atoms with Gasteiger partial charge in [-0.25, -0.2) is 4.79 Å². The van der Waals surface area contributed by atoms with Crippen molar-refractivity contribution in [3.8, 4) is 0 Å². The summed E-state index contributed by atoms with van der Waals surface area (Å²) in [7, 11) is 0. The van der Waals surface area contributed by atoms with Crippen LogP contribution in [-0.2, 0) is 20.8 Å². The Balaban J connectivity index is 1.83. The largest absolute Gasteiger partial charge is 0.459 e. The highest BCUT2D eigenvalue weighted by molar-refractivity contribution is 6.00. The summed E-state index contributed by atoms with van der Waals surface area (Å²) < 4.78 is 5.73. The maximum absolute atomic E-state index is 13.0. The molecule has 2 heterocycles. The van der Waals surface area contributed by atoms with Crippen LogP contribution in [0, 0.1) is 13.8 Å². The van der Waals surface area contributed by atoms with Crippen molar-refractivity contribution in [2.24, 2.45) is 5.16 Å². The maximum Gasteiger partial charge on any atom is 0.338 e. The number of esters is 1. The second kappa shape index (κ2) is 12.4. The Hall–Kier alpha value is -2.89. The average molecular weight is 453 g/mol. The number of hydrogen-bond acceptors (Lipinski definition) is 5. The normalized spacial score (nSPS) is 23.2. The SMILES string of the molecule is Cc1cc(C)c2c(c1)CC(=N\OCC(=O)N1CCCCC1)/C=C/CC/C=C/C[C@@H](C)OC2=O. The van der Waals surface area contributed by atoms with Crippen molar-refractivity contribution in [3.05, 3.63) is 58.7 Å². The van der Waals surface area contributed by atoms with Gasteiger partial charge in [0.2, 0.25) is 0 Å². The Morgan fingerprint density at radius 1 is 1.12 bits per heavy atom. The van der Waals surface area contributed by atoms with Gasteiger partial charge >= 0.3 is 5.97 Å². The zero-order chi connectivity index (χ0) is 23.6. The third-order valence-corrected chi connectivity index (χ3v) is 5.97. The number of carbonyl (C=O) groups is 2. The van der Waals surface area contributed by atoms with E-state index in [1.54, 1.807) is 0 Å². The molecule has 1 amide bonds. The number of cyclic esters (lactones) is 1. The number of piperidine rings is 1. The first-order chi connectivity index (χ1) is 15.9. The fourth-order valence-electron chi connectivity index (χ4n) is 4.32. The molecule has 0 aliphatic carbocycles. The van der Waals surface area contributed by atoms with Gasteiger partial charge < -0.3 is 14.5 Å². The summed E-state index contributed by atoms with van der Waals surface area (Å²) in [6, 6.07) is 4.00. The molecule has 0 spiro atoms. The molecule has 2 aliphatic heterocycles. The number of allylic oxidation sites excluding steroid dienone is 3. The average Bonchev–Trinajstić information content (AvgIpc) is 2.77. The van der Waals surface area contributed by atoms with E-state index in [4.69, 9.17) is 9.57 Å². The molecular weight excluding hydrogens is 416 g/mol. The first-order valence-corrected chi connectivity index (χ1v) is 12.0. The molecule has 0 radical (unpaired) electrons. The van der Waals surface area contributed by atoms with Crippen molar-refractivity contribution in [3.63, 3.8) is 0 Å². The van der Waals surface area contributed by atoms with Gasteiger partial charge in [-0.15, -0.1) is 0 Å². The zero-order valence-corrected chi connectivity index (χ0v) is 20.1. The van der Waals surface area contributed by atoms with Crippen LogP contribution in [0.4, 0.5) is 0 Å². The molecule has 1 aromatic carbocycles. The summed E-state index contributed by atoms with van der Waals surface area (Å²) in [5.41, 5.74) is 4.07. The summed E-state index contributed by atoms with van der Waals surface area (Å²) in [5.74, 6) is -0.344. The van der Waals surface area contributed by atoms with E-state index < -0.39 is 0 Å². The van der Waals surface area contributed by atoms with Crippen LogP contribution in [0.3, 0.4) is 0 Å². The minimum Gasteiger partial charge on any atom is -0.459 e. The summed E-state index contributed by atoms with van der Waals surface area (Å²) in [4.78, 5) is 32.8. The van der Waals surface area contributed by atoms with Crippen LogP contribution >= 0.6 is 0 Å². The van der Waals surface area contributed by atoms with E-state index >= 15 is 0 Å². The van der Waals surface area contributed by atoms with Gasteiger partial charge in [0.15, 0.2) is 6.61 Å². The number of ether oxygens (including phenoxy) is 1. The van der Waals surface area contributed by atoms with Crippen LogP contribution in [-0.4, -0.2) is 48.3 Å². The topological polar surface area (TPSA) is 68.2 Å². The lowest BCUT2D eigenvalue weighted by Crippen LogP contribution is -2.37. The van der Waals surface area contributed by atoms with E-state index in [-0.39, 0.29) is 24.6 Å². The van der Waals surface area contributed by atoms with Crippen LogP contribution in [0.5, 0.6) is 0 Å². The monoisotopic (exact) mass is 452 g/mol. The number of rotatable bonds is 3. The molecule has 1 saturated heterocycles. The van der Waals surface area contributed by atoms with Crippen LogP contribution < -0.4 is 0 Å².